The number of fused-ring (bicyclic) bond motifs is 1. The van der Waals surface area contributed by atoms with Crippen LogP contribution in [0.25, 0.3) is 0 Å². The molecule has 4 atom stereocenters. The molecule has 7 nitrogen and oxygen atoms in total. The first-order valence-electron chi connectivity index (χ1n) is 8.20. The number of ether oxygens (including phenoxy) is 1. The number of methoxy groups -OCH3 is 1. The monoisotopic (exact) mass is 362 g/mol. The van der Waals surface area contributed by atoms with Crippen LogP contribution in [-0.2, 0) is 14.3 Å². The van der Waals surface area contributed by atoms with Crippen LogP contribution >= 0.6 is 11.8 Å². The van der Waals surface area contributed by atoms with E-state index in [0.717, 1.165) is 11.3 Å². The molecule has 1 aromatic heterocycles. The Labute approximate surface area is 151 Å². The van der Waals surface area contributed by atoms with Gasteiger partial charge in [-0.15, -0.1) is 11.8 Å². The maximum absolute atomic E-state index is 12.9. The number of carbonyl (C=O) groups is 2. The zero-order valence-electron chi connectivity index (χ0n) is 14.4. The standard InChI is InChI=1S/C17H22N4O3S/c1-4-25-17-20-14-13(15(22)21-17)12(10-6-5-7-18-8-10)11(9(2)19-14)16(23)24-3/h5-8,12-14,17,19-20H,4H2,1-3H3,(H,21,22). The molecule has 8 heteroatoms. The van der Waals surface area contributed by atoms with Crippen molar-refractivity contribution in [1.29, 1.82) is 0 Å². The maximum Gasteiger partial charge on any atom is 0.336 e. The number of amides is 1. The van der Waals surface area contributed by atoms with Gasteiger partial charge in [-0.3, -0.25) is 15.1 Å². The number of rotatable bonds is 4. The molecule has 0 radical (unpaired) electrons. The van der Waals surface area contributed by atoms with Crippen molar-refractivity contribution in [3.05, 3.63) is 41.4 Å². The summed E-state index contributed by atoms with van der Waals surface area (Å²) in [7, 11) is 1.35. The third kappa shape index (κ3) is 3.36. The smallest absolute Gasteiger partial charge is 0.336 e. The largest absolute Gasteiger partial charge is 0.466 e. The van der Waals surface area contributed by atoms with Crippen LogP contribution in [0.2, 0.25) is 0 Å². The molecular weight excluding hydrogens is 340 g/mol. The van der Waals surface area contributed by atoms with Crippen molar-refractivity contribution in [2.45, 2.75) is 31.4 Å². The van der Waals surface area contributed by atoms with Crippen LogP contribution in [0.5, 0.6) is 0 Å². The lowest BCUT2D eigenvalue weighted by Crippen LogP contribution is -2.67. The average Bonchev–Trinajstić information content (AvgIpc) is 2.61. The van der Waals surface area contributed by atoms with E-state index in [4.69, 9.17) is 4.74 Å². The summed E-state index contributed by atoms with van der Waals surface area (Å²) in [5.74, 6) is -0.549. The summed E-state index contributed by atoms with van der Waals surface area (Å²) in [4.78, 5) is 29.4. The van der Waals surface area contributed by atoms with Gasteiger partial charge in [-0.05, 0) is 24.3 Å². The Morgan fingerprint density at radius 1 is 1.40 bits per heavy atom. The van der Waals surface area contributed by atoms with Crippen LogP contribution in [0.1, 0.15) is 25.3 Å². The normalized spacial score (nSPS) is 28.7. The molecule has 3 rings (SSSR count). The van der Waals surface area contributed by atoms with E-state index in [-0.39, 0.29) is 17.6 Å². The Balaban J connectivity index is 2.05. The van der Waals surface area contributed by atoms with Gasteiger partial charge in [-0.1, -0.05) is 13.0 Å². The van der Waals surface area contributed by atoms with Crippen LogP contribution in [-0.4, -0.2) is 41.4 Å². The molecule has 25 heavy (non-hydrogen) atoms. The number of nitrogens with one attached hydrogen (secondary N) is 3. The fraction of sp³-hybridized carbons (Fsp3) is 0.471. The van der Waals surface area contributed by atoms with Crippen molar-refractivity contribution in [3.63, 3.8) is 0 Å². The minimum absolute atomic E-state index is 0.0926. The Morgan fingerprint density at radius 2 is 2.20 bits per heavy atom. The predicted octanol–water partition coefficient (Wildman–Crippen LogP) is 0.914. The van der Waals surface area contributed by atoms with Crippen LogP contribution < -0.4 is 16.0 Å². The Hall–Kier alpha value is -2.06. The second-order valence-electron chi connectivity index (χ2n) is 5.95. The van der Waals surface area contributed by atoms with Gasteiger partial charge >= 0.3 is 5.97 Å². The number of allylic oxidation sites excluding steroid dienone is 1. The molecule has 2 aliphatic rings. The second-order valence-corrected chi connectivity index (χ2v) is 7.33. The van der Waals surface area contributed by atoms with Gasteiger partial charge in [0.25, 0.3) is 0 Å². The number of hydrogen-bond donors (Lipinski definition) is 3. The summed E-state index contributed by atoms with van der Waals surface area (Å²) in [5.41, 5.74) is 1.84. The molecule has 0 bridgehead atoms. The van der Waals surface area contributed by atoms with Gasteiger partial charge in [-0.2, -0.15) is 0 Å². The van der Waals surface area contributed by atoms with E-state index in [2.05, 4.69) is 20.9 Å². The lowest BCUT2D eigenvalue weighted by molar-refractivity contribution is -0.137. The number of nitrogens with zero attached hydrogens (tertiary/aromatic N) is 1. The lowest BCUT2D eigenvalue weighted by Gasteiger charge is -2.45. The van der Waals surface area contributed by atoms with Crippen LogP contribution in [0.15, 0.2) is 35.8 Å². The number of carbonyl (C=O) groups excluding carboxylic acids is 2. The van der Waals surface area contributed by atoms with Gasteiger partial charge in [0.15, 0.2) is 0 Å². The zero-order chi connectivity index (χ0) is 18.0. The zero-order valence-corrected chi connectivity index (χ0v) is 15.2. The highest BCUT2D eigenvalue weighted by Crippen LogP contribution is 2.40. The molecule has 1 saturated heterocycles. The van der Waals surface area contributed by atoms with Gasteiger partial charge in [0.05, 0.1) is 24.8 Å². The van der Waals surface area contributed by atoms with Gasteiger partial charge in [0.1, 0.15) is 5.50 Å². The molecule has 1 fully saturated rings. The molecular formula is C17H22N4O3S. The lowest BCUT2D eigenvalue weighted by atomic mass is 9.75. The highest BCUT2D eigenvalue weighted by atomic mass is 32.2. The molecule has 4 unspecified atom stereocenters. The molecule has 0 spiro atoms. The van der Waals surface area contributed by atoms with Crippen molar-refractivity contribution < 1.29 is 14.3 Å². The summed E-state index contributed by atoms with van der Waals surface area (Å²) in [5, 5.41) is 9.67. The molecule has 0 aromatic carbocycles. The highest BCUT2D eigenvalue weighted by molar-refractivity contribution is 7.99. The van der Waals surface area contributed by atoms with Crippen molar-refractivity contribution in [2.24, 2.45) is 5.92 Å². The summed E-state index contributed by atoms with van der Waals surface area (Å²) in [6.45, 7) is 3.87. The van der Waals surface area contributed by atoms with E-state index in [1.807, 2.05) is 19.9 Å². The van der Waals surface area contributed by atoms with Gasteiger partial charge < -0.3 is 15.4 Å². The van der Waals surface area contributed by atoms with E-state index < -0.39 is 17.8 Å². The van der Waals surface area contributed by atoms with Gasteiger partial charge in [0.2, 0.25) is 5.91 Å². The van der Waals surface area contributed by atoms with Crippen LogP contribution in [0, 0.1) is 5.92 Å². The summed E-state index contributed by atoms with van der Waals surface area (Å²) < 4.78 is 4.97. The van der Waals surface area contributed by atoms with E-state index in [1.54, 1.807) is 30.2 Å². The fourth-order valence-corrected chi connectivity index (χ4v) is 4.24. The SMILES string of the molecule is CCSC1NC(=O)C2C(NC(C)=C(C(=O)OC)C2c2cccnc2)N1. The predicted molar refractivity (Wildman–Crippen MR) is 95.3 cm³/mol. The number of pyridine rings is 1. The summed E-state index contributed by atoms with van der Waals surface area (Å²) >= 11 is 1.62. The quantitative estimate of drug-likeness (QED) is 0.686. The third-order valence-corrected chi connectivity index (χ3v) is 5.42. The van der Waals surface area contributed by atoms with Crippen LogP contribution in [0.3, 0.4) is 0 Å². The molecule has 3 N–H and O–H groups in total. The molecule has 134 valence electrons. The molecule has 2 aliphatic heterocycles. The van der Waals surface area contributed by atoms with Crippen molar-refractivity contribution >= 4 is 23.6 Å². The van der Waals surface area contributed by atoms with E-state index >= 15 is 0 Å². The first-order chi connectivity index (χ1) is 12.1. The number of esters is 1. The summed E-state index contributed by atoms with van der Waals surface area (Å²) in [6.07, 6.45) is 3.10. The minimum Gasteiger partial charge on any atom is -0.466 e. The maximum atomic E-state index is 12.9. The first kappa shape index (κ1) is 17.8. The molecule has 3 heterocycles. The number of hydrogen-bond acceptors (Lipinski definition) is 7. The molecule has 1 aromatic rings. The fourth-order valence-electron chi connectivity index (χ4n) is 3.46. The topological polar surface area (TPSA) is 92.4 Å². The highest BCUT2D eigenvalue weighted by Gasteiger charge is 2.48. The molecule has 1 amide bonds. The third-order valence-electron chi connectivity index (χ3n) is 4.49. The average molecular weight is 362 g/mol. The molecule has 0 aliphatic carbocycles. The Morgan fingerprint density at radius 3 is 2.84 bits per heavy atom. The molecule has 0 saturated carbocycles. The van der Waals surface area contributed by atoms with E-state index in [1.165, 1.54) is 7.11 Å². The second kappa shape index (κ2) is 7.45. The number of aromatic nitrogens is 1. The minimum atomic E-state index is -0.476. The summed E-state index contributed by atoms with van der Waals surface area (Å²) in [6, 6.07) is 3.69. The van der Waals surface area contributed by atoms with E-state index in [0.29, 0.717) is 11.3 Å². The van der Waals surface area contributed by atoms with Gasteiger partial charge in [0, 0.05) is 24.0 Å². The Kier molecular flexibility index (Phi) is 5.29. The van der Waals surface area contributed by atoms with Crippen molar-refractivity contribution in [1.82, 2.24) is 20.9 Å². The van der Waals surface area contributed by atoms with Gasteiger partial charge in [-0.25, -0.2) is 4.79 Å². The van der Waals surface area contributed by atoms with Crippen molar-refractivity contribution in [3.8, 4) is 0 Å². The number of thioether (sulfide) groups is 1. The van der Waals surface area contributed by atoms with E-state index in [9.17, 15) is 9.59 Å². The Bertz CT molecular complexity index is 694. The first-order valence-corrected chi connectivity index (χ1v) is 9.25. The van der Waals surface area contributed by atoms with Crippen molar-refractivity contribution in [2.75, 3.05) is 12.9 Å². The van der Waals surface area contributed by atoms with Crippen LogP contribution in [0.4, 0.5) is 0 Å².